The lowest BCUT2D eigenvalue weighted by molar-refractivity contribution is -0.156. The van der Waals surface area contributed by atoms with Crippen LogP contribution in [-0.2, 0) is 18.3 Å². The summed E-state index contributed by atoms with van der Waals surface area (Å²) in [4.78, 5) is 10.6. The Morgan fingerprint density at radius 3 is 2.64 bits per heavy atom. The first kappa shape index (κ1) is 10.7. The van der Waals surface area contributed by atoms with E-state index in [1.165, 1.54) is 6.92 Å². The van der Waals surface area contributed by atoms with Crippen molar-refractivity contribution in [3.05, 3.63) is 17.5 Å². The van der Waals surface area contributed by atoms with Crippen LogP contribution in [0.4, 0.5) is 0 Å². The number of hydrogen-bond acceptors (Lipinski definition) is 3. The first-order valence-corrected chi connectivity index (χ1v) is 4.28. The zero-order chi connectivity index (χ0) is 10.9. The monoisotopic (exact) mass is 198 g/mol. The van der Waals surface area contributed by atoms with Crippen LogP contribution in [0.2, 0.25) is 0 Å². The third kappa shape index (κ3) is 2.11. The number of hydrogen-bond donors (Lipinski definition) is 2. The fourth-order valence-electron chi connectivity index (χ4n) is 1.15. The van der Waals surface area contributed by atoms with Crippen LogP contribution >= 0.6 is 0 Å². The Bertz CT molecular complexity index is 335. The second-order valence-electron chi connectivity index (χ2n) is 3.66. The van der Waals surface area contributed by atoms with Crippen molar-refractivity contribution in [3.63, 3.8) is 0 Å². The van der Waals surface area contributed by atoms with Gasteiger partial charge in [0.1, 0.15) is 0 Å². The quantitative estimate of drug-likeness (QED) is 0.722. The molecule has 0 aliphatic heterocycles. The van der Waals surface area contributed by atoms with Crippen LogP contribution in [0.5, 0.6) is 0 Å². The van der Waals surface area contributed by atoms with Gasteiger partial charge in [0.15, 0.2) is 5.60 Å². The summed E-state index contributed by atoms with van der Waals surface area (Å²) in [6.07, 6.45) is 0.0179. The van der Waals surface area contributed by atoms with E-state index in [9.17, 15) is 9.90 Å². The van der Waals surface area contributed by atoms with E-state index in [-0.39, 0.29) is 6.42 Å². The molecule has 0 spiro atoms. The average molecular weight is 198 g/mol. The third-order valence-electron chi connectivity index (χ3n) is 2.15. The first-order chi connectivity index (χ1) is 6.33. The summed E-state index contributed by atoms with van der Waals surface area (Å²) >= 11 is 0. The molecule has 0 aliphatic carbocycles. The molecule has 0 bridgehead atoms. The van der Waals surface area contributed by atoms with E-state index < -0.39 is 11.6 Å². The summed E-state index contributed by atoms with van der Waals surface area (Å²) in [5.41, 5.74) is -0.237. The van der Waals surface area contributed by atoms with Crippen LogP contribution in [0.1, 0.15) is 18.3 Å². The predicted octanol–water partition coefficient (Wildman–Crippen LogP) is 0.107. The number of nitrogens with zero attached hydrogens (tertiary/aromatic N) is 2. The van der Waals surface area contributed by atoms with E-state index in [0.29, 0.717) is 5.69 Å². The summed E-state index contributed by atoms with van der Waals surface area (Å²) < 4.78 is 1.65. The van der Waals surface area contributed by atoms with E-state index in [1.807, 2.05) is 6.92 Å². The van der Waals surface area contributed by atoms with Gasteiger partial charge in [-0.2, -0.15) is 5.10 Å². The lowest BCUT2D eigenvalue weighted by atomic mass is 10.0. The molecule has 2 N–H and O–H groups in total. The van der Waals surface area contributed by atoms with Gasteiger partial charge in [-0.25, -0.2) is 4.79 Å². The van der Waals surface area contributed by atoms with Crippen LogP contribution in [-0.4, -0.2) is 31.6 Å². The molecule has 14 heavy (non-hydrogen) atoms. The van der Waals surface area contributed by atoms with Gasteiger partial charge >= 0.3 is 5.97 Å². The highest BCUT2D eigenvalue weighted by Gasteiger charge is 2.31. The normalized spacial score (nSPS) is 15.1. The summed E-state index contributed by atoms with van der Waals surface area (Å²) in [5, 5.41) is 22.3. The molecule has 1 aromatic heterocycles. The highest BCUT2D eigenvalue weighted by atomic mass is 16.4. The number of aryl methyl sites for hydroxylation is 2. The topological polar surface area (TPSA) is 75.3 Å². The van der Waals surface area contributed by atoms with Crippen molar-refractivity contribution < 1.29 is 15.0 Å². The number of aliphatic carboxylic acids is 1. The molecule has 1 aromatic rings. The number of rotatable bonds is 3. The number of aliphatic hydroxyl groups is 1. The zero-order valence-corrected chi connectivity index (χ0v) is 8.48. The SMILES string of the molecule is Cc1cc(CC(C)(O)C(=O)O)nn1C. The summed E-state index contributed by atoms with van der Waals surface area (Å²) in [6.45, 7) is 3.13. The molecular formula is C9H14N2O3. The largest absolute Gasteiger partial charge is 0.479 e. The Labute approximate surface area is 82.0 Å². The molecule has 0 radical (unpaired) electrons. The molecule has 1 heterocycles. The minimum Gasteiger partial charge on any atom is -0.479 e. The maximum absolute atomic E-state index is 10.6. The van der Waals surface area contributed by atoms with Gasteiger partial charge in [0.2, 0.25) is 0 Å². The van der Waals surface area contributed by atoms with Crippen molar-refractivity contribution in [1.82, 2.24) is 9.78 Å². The Morgan fingerprint density at radius 1 is 1.71 bits per heavy atom. The third-order valence-corrected chi connectivity index (χ3v) is 2.15. The van der Waals surface area contributed by atoms with Gasteiger partial charge < -0.3 is 10.2 Å². The lowest BCUT2D eigenvalue weighted by Crippen LogP contribution is -2.37. The summed E-state index contributed by atoms with van der Waals surface area (Å²) in [7, 11) is 1.77. The van der Waals surface area contributed by atoms with E-state index in [2.05, 4.69) is 5.10 Å². The first-order valence-electron chi connectivity index (χ1n) is 4.28. The Hall–Kier alpha value is -1.36. The molecular weight excluding hydrogens is 184 g/mol. The Morgan fingerprint density at radius 2 is 2.29 bits per heavy atom. The minimum atomic E-state index is -1.75. The molecule has 0 fully saturated rings. The van der Waals surface area contributed by atoms with Gasteiger partial charge in [0.05, 0.1) is 5.69 Å². The second kappa shape index (κ2) is 3.42. The van der Waals surface area contributed by atoms with Gasteiger partial charge in [0, 0.05) is 19.2 Å². The molecule has 0 aromatic carbocycles. The average Bonchev–Trinajstić information content (AvgIpc) is 2.29. The standard InChI is InChI=1S/C9H14N2O3/c1-6-4-7(10-11(6)3)5-9(2,14)8(12)13/h4,14H,5H2,1-3H3,(H,12,13). The van der Waals surface area contributed by atoms with Crippen LogP contribution in [0, 0.1) is 6.92 Å². The van der Waals surface area contributed by atoms with Crippen LogP contribution in [0.25, 0.3) is 0 Å². The highest BCUT2D eigenvalue weighted by Crippen LogP contribution is 2.12. The van der Waals surface area contributed by atoms with Gasteiger partial charge in [-0.15, -0.1) is 0 Å². The molecule has 1 atom stereocenters. The van der Waals surface area contributed by atoms with E-state index in [1.54, 1.807) is 17.8 Å². The van der Waals surface area contributed by atoms with Crippen LogP contribution in [0.15, 0.2) is 6.07 Å². The number of carboxylic acids is 1. The molecule has 5 heteroatoms. The Kier molecular flexibility index (Phi) is 2.62. The fraction of sp³-hybridized carbons (Fsp3) is 0.556. The van der Waals surface area contributed by atoms with Gasteiger partial charge in [-0.3, -0.25) is 4.68 Å². The predicted molar refractivity (Wildman–Crippen MR) is 49.9 cm³/mol. The highest BCUT2D eigenvalue weighted by molar-refractivity contribution is 5.76. The molecule has 5 nitrogen and oxygen atoms in total. The van der Waals surface area contributed by atoms with Crippen molar-refractivity contribution >= 4 is 5.97 Å². The molecule has 78 valence electrons. The van der Waals surface area contributed by atoms with Crippen molar-refractivity contribution in [2.24, 2.45) is 7.05 Å². The summed E-state index contributed by atoms with van der Waals surface area (Å²) in [5.74, 6) is -1.24. The lowest BCUT2D eigenvalue weighted by Gasteiger charge is -2.15. The number of aromatic nitrogens is 2. The number of carbonyl (C=O) groups is 1. The van der Waals surface area contributed by atoms with Crippen LogP contribution < -0.4 is 0 Å². The maximum Gasteiger partial charge on any atom is 0.335 e. The maximum atomic E-state index is 10.6. The molecule has 0 aliphatic rings. The fourth-order valence-corrected chi connectivity index (χ4v) is 1.15. The van der Waals surface area contributed by atoms with E-state index >= 15 is 0 Å². The minimum absolute atomic E-state index is 0.0179. The second-order valence-corrected chi connectivity index (χ2v) is 3.66. The molecule has 1 unspecified atom stereocenters. The van der Waals surface area contributed by atoms with Gasteiger partial charge in [-0.1, -0.05) is 0 Å². The summed E-state index contributed by atoms with van der Waals surface area (Å²) in [6, 6.07) is 1.76. The zero-order valence-electron chi connectivity index (χ0n) is 8.48. The van der Waals surface area contributed by atoms with E-state index in [4.69, 9.17) is 5.11 Å². The van der Waals surface area contributed by atoms with Crippen molar-refractivity contribution in [2.45, 2.75) is 25.9 Å². The Balaban J connectivity index is 2.84. The van der Waals surface area contributed by atoms with Crippen molar-refractivity contribution in [1.29, 1.82) is 0 Å². The van der Waals surface area contributed by atoms with Crippen LogP contribution in [0.3, 0.4) is 0 Å². The molecule has 0 amide bonds. The van der Waals surface area contributed by atoms with Crippen molar-refractivity contribution in [2.75, 3.05) is 0 Å². The number of carboxylic acid groups (broad SMARTS) is 1. The van der Waals surface area contributed by atoms with Crippen molar-refractivity contribution in [3.8, 4) is 0 Å². The molecule has 0 saturated carbocycles. The van der Waals surface area contributed by atoms with Gasteiger partial charge in [-0.05, 0) is 19.9 Å². The van der Waals surface area contributed by atoms with Gasteiger partial charge in [0.25, 0.3) is 0 Å². The molecule has 1 rings (SSSR count). The van der Waals surface area contributed by atoms with E-state index in [0.717, 1.165) is 5.69 Å². The smallest absolute Gasteiger partial charge is 0.335 e. The molecule has 0 saturated heterocycles.